The molecular weight excluding hydrogens is 350 g/mol. The van der Waals surface area contributed by atoms with Gasteiger partial charge in [0.1, 0.15) is 24.2 Å². The lowest BCUT2D eigenvalue weighted by Crippen LogP contribution is -2.33. The molecule has 0 bridgehead atoms. The second-order valence-electron chi connectivity index (χ2n) is 6.72. The summed E-state index contributed by atoms with van der Waals surface area (Å²) in [6, 6.07) is 6.87. The first-order chi connectivity index (χ1) is 13.2. The minimum atomic E-state index is -0.130. The van der Waals surface area contributed by atoms with E-state index in [1.54, 1.807) is 17.7 Å². The van der Waals surface area contributed by atoms with E-state index in [1.807, 2.05) is 12.1 Å². The van der Waals surface area contributed by atoms with Gasteiger partial charge in [-0.05, 0) is 24.1 Å². The van der Waals surface area contributed by atoms with Crippen molar-refractivity contribution in [1.82, 2.24) is 4.57 Å². The van der Waals surface area contributed by atoms with Crippen molar-refractivity contribution in [3.8, 4) is 22.8 Å². The van der Waals surface area contributed by atoms with E-state index in [4.69, 9.17) is 18.9 Å². The predicted octanol–water partition coefficient (Wildman–Crippen LogP) is 1.72. The maximum atomic E-state index is 12.6. The van der Waals surface area contributed by atoms with Crippen molar-refractivity contribution in [3.63, 3.8) is 0 Å². The van der Waals surface area contributed by atoms with Gasteiger partial charge >= 0.3 is 0 Å². The Morgan fingerprint density at radius 3 is 2.96 bits per heavy atom. The van der Waals surface area contributed by atoms with Crippen molar-refractivity contribution in [2.45, 2.75) is 25.7 Å². The van der Waals surface area contributed by atoms with Crippen molar-refractivity contribution in [1.29, 1.82) is 0 Å². The Kier molecular flexibility index (Phi) is 5.15. The van der Waals surface area contributed by atoms with Crippen LogP contribution in [0.3, 0.4) is 0 Å². The molecule has 1 N–H and O–H groups in total. The molecule has 3 heterocycles. The van der Waals surface area contributed by atoms with Crippen molar-refractivity contribution in [3.05, 3.63) is 45.7 Å². The van der Waals surface area contributed by atoms with Crippen LogP contribution >= 0.6 is 0 Å². The van der Waals surface area contributed by atoms with Gasteiger partial charge in [0.15, 0.2) is 0 Å². The fraction of sp³-hybridized carbons (Fsp3) is 0.450. The summed E-state index contributed by atoms with van der Waals surface area (Å²) in [4.78, 5) is 12.6. The van der Waals surface area contributed by atoms with E-state index in [9.17, 15) is 9.90 Å². The van der Waals surface area contributed by atoms with Gasteiger partial charge in [0.05, 0.1) is 32.1 Å². The monoisotopic (exact) mass is 373 g/mol. The summed E-state index contributed by atoms with van der Waals surface area (Å²) in [5.41, 5.74) is 3.39. The van der Waals surface area contributed by atoms with Crippen molar-refractivity contribution >= 4 is 0 Å². The summed E-state index contributed by atoms with van der Waals surface area (Å²) >= 11 is 0. The van der Waals surface area contributed by atoms with E-state index >= 15 is 0 Å². The van der Waals surface area contributed by atoms with Gasteiger partial charge in [-0.25, -0.2) is 0 Å². The Bertz CT molecular complexity index is 885. The molecule has 0 radical (unpaired) electrons. The fourth-order valence-corrected chi connectivity index (χ4v) is 3.67. The first-order valence-corrected chi connectivity index (χ1v) is 9.07. The third kappa shape index (κ3) is 3.58. The van der Waals surface area contributed by atoms with Gasteiger partial charge in [-0.2, -0.15) is 0 Å². The molecular formula is C20H23NO6. The van der Waals surface area contributed by atoms with Crippen molar-refractivity contribution in [2.75, 3.05) is 33.5 Å². The molecule has 1 aromatic heterocycles. The second-order valence-corrected chi connectivity index (χ2v) is 6.72. The minimum absolute atomic E-state index is 0.102. The first kappa shape index (κ1) is 18.0. The third-order valence-corrected chi connectivity index (χ3v) is 4.98. The molecule has 7 nitrogen and oxygen atoms in total. The number of hydrogen-bond donors (Lipinski definition) is 1. The Morgan fingerprint density at radius 2 is 2.19 bits per heavy atom. The highest BCUT2D eigenvalue weighted by Gasteiger charge is 2.23. The zero-order valence-electron chi connectivity index (χ0n) is 15.3. The number of phenolic OH excluding ortho intramolecular Hbond substituents is 1. The van der Waals surface area contributed by atoms with E-state index in [2.05, 4.69) is 0 Å². The van der Waals surface area contributed by atoms with Crippen LogP contribution in [0.15, 0.2) is 29.1 Å². The van der Waals surface area contributed by atoms with Crippen LogP contribution in [0.5, 0.6) is 11.5 Å². The van der Waals surface area contributed by atoms with E-state index < -0.39 is 0 Å². The number of ether oxygens (including phenoxy) is 4. The molecule has 27 heavy (non-hydrogen) atoms. The Labute approximate surface area is 157 Å². The fourth-order valence-electron chi connectivity index (χ4n) is 3.67. The van der Waals surface area contributed by atoms with Crippen LogP contribution in [-0.2, 0) is 33.8 Å². The molecule has 2 aromatic rings. The number of aromatic nitrogens is 1. The summed E-state index contributed by atoms with van der Waals surface area (Å²) in [6.45, 7) is 2.87. The topological polar surface area (TPSA) is 79.2 Å². The van der Waals surface area contributed by atoms with E-state index in [-0.39, 0.29) is 17.4 Å². The number of benzene rings is 1. The quantitative estimate of drug-likeness (QED) is 0.860. The standard InChI is InChI=1S/C20H23NO6/c1-24-12-17-15-4-5-21-18(16(15)2-3-19(17)22)8-13(9-20(21)23)27-11-14-10-25-6-7-26-14/h2-3,8-9,14,22H,4-7,10-12H2,1H3/t14-/m0/s1. The lowest BCUT2D eigenvalue weighted by molar-refractivity contribution is -0.101. The summed E-state index contributed by atoms with van der Waals surface area (Å²) in [6.07, 6.45) is 0.540. The van der Waals surface area contributed by atoms with Crippen molar-refractivity contribution < 1.29 is 24.1 Å². The molecule has 2 aliphatic heterocycles. The summed E-state index contributed by atoms with van der Waals surface area (Å²) < 4.78 is 23.7. The maximum Gasteiger partial charge on any atom is 0.254 e. The number of pyridine rings is 1. The lowest BCUT2D eigenvalue weighted by atomic mass is 9.92. The number of fused-ring (bicyclic) bond motifs is 3. The van der Waals surface area contributed by atoms with Crippen LogP contribution in [0, 0.1) is 0 Å². The summed E-state index contributed by atoms with van der Waals surface area (Å²) in [5.74, 6) is 0.725. The van der Waals surface area contributed by atoms with Gasteiger partial charge < -0.3 is 28.6 Å². The molecule has 0 aliphatic carbocycles. The van der Waals surface area contributed by atoms with Gasteiger partial charge in [0, 0.05) is 36.9 Å². The Hall–Kier alpha value is -2.35. The number of aromatic hydroxyl groups is 1. The van der Waals surface area contributed by atoms with Crippen LogP contribution in [0.2, 0.25) is 0 Å². The van der Waals surface area contributed by atoms with Crippen LogP contribution in [0.25, 0.3) is 11.3 Å². The number of nitrogens with zero attached hydrogens (tertiary/aromatic N) is 1. The van der Waals surface area contributed by atoms with Crippen LogP contribution in [0.4, 0.5) is 0 Å². The molecule has 0 amide bonds. The molecule has 1 atom stereocenters. The number of hydrogen-bond acceptors (Lipinski definition) is 6. The predicted molar refractivity (Wildman–Crippen MR) is 98.3 cm³/mol. The number of phenols is 1. The van der Waals surface area contributed by atoms with E-state index in [1.165, 1.54) is 6.07 Å². The van der Waals surface area contributed by atoms with Gasteiger partial charge in [-0.3, -0.25) is 4.79 Å². The highest BCUT2D eigenvalue weighted by Crippen LogP contribution is 2.36. The first-order valence-electron chi connectivity index (χ1n) is 9.07. The highest BCUT2D eigenvalue weighted by atomic mass is 16.6. The van der Waals surface area contributed by atoms with Gasteiger partial charge in [-0.15, -0.1) is 0 Å². The zero-order chi connectivity index (χ0) is 18.8. The van der Waals surface area contributed by atoms with Crippen LogP contribution in [-0.4, -0.2) is 49.3 Å². The van der Waals surface area contributed by atoms with E-state index in [0.29, 0.717) is 51.7 Å². The molecule has 144 valence electrons. The number of methoxy groups -OCH3 is 1. The average molecular weight is 373 g/mol. The van der Waals surface area contributed by atoms with Crippen LogP contribution in [0.1, 0.15) is 11.1 Å². The lowest BCUT2D eigenvalue weighted by Gasteiger charge is -2.26. The molecule has 4 rings (SSSR count). The molecule has 0 saturated carbocycles. The highest BCUT2D eigenvalue weighted by molar-refractivity contribution is 5.70. The van der Waals surface area contributed by atoms with Crippen molar-refractivity contribution in [2.24, 2.45) is 0 Å². The number of rotatable bonds is 5. The average Bonchev–Trinajstić information content (AvgIpc) is 2.69. The Morgan fingerprint density at radius 1 is 1.30 bits per heavy atom. The second kappa shape index (κ2) is 7.72. The zero-order valence-corrected chi connectivity index (χ0v) is 15.3. The molecule has 2 aliphatic rings. The maximum absolute atomic E-state index is 12.6. The molecule has 7 heteroatoms. The summed E-state index contributed by atoms with van der Waals surface area (Å²) in [5, 5.41) is 10.2. The molecule has 1 aromatic carbocycles. The normalized spacial score (nSPS) is 18.6. The smallest absolute Gasteiger partial charge is 0.254 e. The third-order valence-electron chi connectivity index (χ3n) is 4.98. The SMILES string of the molecule is COCc1c(O)ccc2c1CCn1c-2cc(OC[C@@H]2COCCO2)cc1=O. The van der Waals surface area contributed by atoms with Crippen LogP contribution < -0.4 is 10.3 Å². The Balaban J connectivity index is 1.66. The molecule has 0 unspecified atom stereocenters. The largest absolute Gasteiger partial charge is 0.508 e. The summed E-state index contributed by atoms with van der Waals surface area (Å²) in [7, 11) is 1.60. The molecule has 1 saturated heterocycles. The van der Waals surface area contributed by atoms with Gasteiger partial charge in [-0.1, -0.05) is 0 Å². The minimum Gasteiger partial charge on any atom is -0.508 e. The van der Waals surface area contributed by atoms with Gasteiger partial charge in [0.25, 0.3) is 5.56 Å². The molecule has 1 fully saturated rings. The van der Waals surface area contributed by atoms with E-state index in [0.717, 1.165) is 22.4 Å². The van der Waals surface area contributed by atoms with Gasteiger partial charge in [0.2, 0.25) is 0 Å². The molecule has 0 spiro atoms.